The van der Waals surface area contributed by atoms with Gasteiger partial charge in [-0.3, -0.25) is 9.79 Å². The van der Waals surface area contributed by atoms with Crippen molar-refractivity contribution in [3.8, 4) is 0 Å². The Kier molecular flexibility index (Phi) is 10.2. The van der Waals surface area contributed by atoms with E-state index in [4.69, 9.17) is 5.73 Å². The number of carbonyl (C=O) groups excluding carboxylic acids is 1. The summed E-state index contributed by atoms with van der Waals surface area (Å²) >= 11 is 0. The zero-order valence-electron chi connectivity index (χ0n) is 17.9. The summed E-state index contributed by atoms with van der Waals surface area (Å²) in [5.74, 6) is -0.611. The summed E-state index contributed by atoms with van der Waals surface area (Å²) in [7, 11) is 1.73. The molecule has 2 unspecified atom stereocenters. The van der Waals surface area contributed by atoms with Crippen LogP contribution < -0.4 is 21.3 Å². The van der Waals surface area contributed by atoms with E-state index < -0.39 is 11.6 Å². The summed E-state index contributed by atoms with van der Waals surface area (Å²) in [5, 5.41) is 6.70. The molecule has 2 atom stereocenters. The number of nitrogens with one attached hydrogen (secondary N) is 2. The average Bonchev–Trinajstić information content (AvgIpc) is 3.18. The minimum atomic E-state index is -0.565. The molecule has 174 valence electrons. The second-order valence-corrected chi connectivity index (χ2v) is 8.07. The molecule has 4 N–H and O–H groups in total. The third-order valence-corrected chi connectivity index (χ3v) is 5.85. The second-order valence-electron chi connectivity index (χ2n) is 8.07. The minimum absolute atomic E-state index is 0. The second kappa shape index (κ2) is 12.4. The van der Waals surface area contributed by atoms with Crippen molar-refractivity contribution in [2.75, 3.05) is 51.2 Å². The largest absolute Gasteiger partial charge is 0.369 e. The van der Waals surface area contributed by atoms with Crippen LogP contribution in [0.15, 0.2) is 23.2 Å². The number of nitrogens with two attached hydrogens (primary N) is 1. The van der Waals surface area contributed by atoms with Crippen LogP contribution in [-0.2, 0) is 4.79 Å². The first-order valence-corrected chi connectivity index (χ1v) is 10.6. The number of benzene rings is 1. The fourth-order valence-corrected chi connectivity index (χ4v) is 4.22. The number of carbonyl (C=O) groups is 1. The number of hydrogen-bond donors (Lipinski definition) is 3. The molecular formula is C21H33F2IN6O. The van der Waals surface area contributed by atoms with Crippen LogP contribution in [0.5, 0.6) is 0 Å². The summed E-state index contributed by atoms with van der Waals surface area (Å²) in [6, 6.07) is 3.83. The molecular weight excluding hydrogens is 517 g/mol. The number of halogens is 3. The van der Waals surface area contributed by atoms with E-state index >= 15 is 0 Å². The van der Waals surface area contributed by atoms with Gasteiger partial charge in [-0.2, -0.15) is 0 Å². The van der Waals surface area contributed by atoms with Crippen molar-refractivity contribution >= 4 is 41.5 Å². The smallest absolute Gasteiger partial charge is 0.221 e. The number of anilines is 1. The van der Waals surface area contributed by atoms with Gasteiger partial charge in [-0.05, 0) is 50.9 Å². The number of primary amides is 1. The van der Waals surface area contributed by atoms with Gasteiger partial charge in [0.15, 0.2) is 5.96 Å². The lowest BCUT2D eigenvalue weighted by molar-refractivity contribution is -0.123. The molecule has 2 aliphatic heterocycles. The zero-order valence-corrected chi connectivity index (χ0v) is 20.3. The molecule has 1 amide bonds. The maximum Gasteiger partial charge on any atom is 0.221 e. The van der Waals surface area contributed by atoms with Gasteiger partial charge in [0.1, 0.15) is 11.6 Å². The quantitative estimate of drug-likeness (QED) is 0.209. The topological polar surface area (TPSA) is 86.0 Å². The number of piperidine rings is 1. The highest BCUT2D eigenvalue weighted by Gasteiger charge is 2.26. The normalized spacial score (nSPS) is 22.2. The molecule has 2 fully saturated rings. The van der Waals surface area contributed by atoms with Crippen molar-refractivity contribution in [2.24, 2.45) is 16.6 Å². The lowest BCUT2D eigenvalue weighted by Crippen LogP contribution is -2.46. The Morgan fingerprint density at radius 3 is 2.77 bits per heavy atom. The van der Waals surface area contributed by atoms with Crippen molar-refractivity contribution in [1.82, 2.24) is 15.5 Å². The molecule has 1 aromatic rings. The van der Waals surface area contributed by atoms with Gasteiger partial charge >= 0.3 is 0 Å². The van der Waals surface area contributed by atoms with E-state index in [1.54, 1.807) is 7.05 Å². The highest BCUT2D eigenvalue weighted by atomic mass is 127. The van der Waals surface area contributed by atoms with Gasteiger partial charge in [-0.1, -0.05) is 0 Å². The highest BCUT2D eigenvalue weighted by molar-refractivity contribution is 14.0. The first-order chi connectivity index (χ1) is 14.5. The van der Waals surface area contributed by atoms with E-state index in [2.05, 4.69) is 20.5 Å². The Morgan fingerprint density at radius 1 is 1.26 bits per heavy atom. The molecule has 3 rings (SSSR count). The van der Waals surface area contributed by atoms with E-state index in [1.165, 1.54) is 12.1 Å². The van der Waals surface area contributed by atoms with Crippen LogP contribution in [0.25, 0.3) is 0 Å². The number of amides is 1. The zero-order chi connectivity index (χ0) is 21.5. The SMILES string of the molecule is CN=C(NCCCN1CCCC(C(N)=O)C1)NC1CCN(c2ccc(F)cc2F)C1.I. The van der Waals surface area contributed by atoms with Gasteiger partial charge < -0.3 is 26.2 Å². The van der Waals surface area contributed by atoms with Crippen LogP contribution in [0.1, 0.15) is 25.7 Å². The highest BCUT2D eigenvalue weighted by Crippen LogP contribution is 2.24. The third kappa shape index (κ3) is 7.44. The summed E-state index contributed by atoms with van der Waals surface area (Å²) in [6.45, 7) is 4.77. The number of aliphatic imine (C=N–C) groups is 1. The van der Waals surface area contributed by atoms with Crippen LogP contribution in [0.2, 0.25) is 0 Å². The Bertz CT molecular complexity index is 765. The van der Waals surface area contributed by atoms with Crippen molar-refractivity contribution in [3.63, 3.8) is 0 Å². The van der Waals surface area contributed by atoms with E-state index in [0.29, 0.717) is 18.8 Å². The fourth-order valence-electron chi connectivity index (χ4n) is 4.22. The third-order valence-electron chi connectivity index (χ3n) is 5.85. The van der Waals surface area contributed by atoms with E-state index in [9.17, 15) is 13.6 Å². The number of likely N-dealkylation sites (tertiary alicyclic amines) is 1. The Morgan fingerprint density at radius 2 is 2.06 bits per heavy atom. The van der Waals surface area contributed by atoms with Crippen molar-refractivity contribution in [1.29, 1.82) is 0 Å². The van der Waals surface area contributed by atoms with Crippen LogP contribution in [0, 0.1) is 17.6 Å². The predicted octanol–water partition coefficient (Wildman–Crippen LogP) is 1.91. The van der Waals surface area contributed by atoms with Crippen LogP contribution in [-0.4, -0.2) is 69.1 Å². The van der Waals surface area contributed by atoms with Crippen molar-refractivity contribution in [3.05, 3.63) is 29.8 Å². The minimum Gasteiger partial charge on any atom is -0.369 e. The molecule has 0 saturated carbocycles. The summed E-state index contributed by atoms with van der Waals surface area (Å²) in [5.41, 5.74) is 5.87. The molecule has 0 radical (unpaired) electrons. The standard InChI is InChI=1S/C21H32F2N6O.HI/c1-25-21(26-8-3-10-28-9-2-4-15(13-28)20(24)30)27-17-7-11-29(14-17)19-6-5-16(22)12-18(19)23;/h5-6,12,15,17H,2-4,7-11,13-14H2,1H3,(H2,24,30)(H2,25,26,27);1H. The Balaban J connectivity index is 0.00000341. The molecule has 1 aromatic carbocycles. The summed E-state index contributed by atoms with van der Waals surface area (Å²) in [6.07, 6.45) is 3.68. The molecule has 7 nitrogen and oxygen atoms in total. The first kappa shape index (κ1) is 25.6. The summed E-state index contributed by atoms with van der Waals surface area (Å²) in [4.78, 5) is 19.9. The molecule has 2 saturated heterocycles. The summed E-state index contributed by atoms with van der Waals surface area (Å²) < 4.78 is 27.1. The average molecular weight is 550 g/mol. The van der Waals surface area contributed by atoms with E-state index in [1.807, 2.05) is 4.90 Å². The predicted molar refractivity (Wildman–Crippen MR) is 130 cm³/mol. The van der Waals surface area contributed by atoms with Gasteiger partial charge in [-0.15, -0.1) is 24.0 Å². The molecule has 0 spiro atoms. The van der Waals surface area contributed by atoms with Crippen LogP contribution >= 0.6 is 24.0 Å². The molecule has 2 heterocycles. The molecule has 10 heteroatoms. The first-order valence-electron chi connectivity index (χ1n) is 10.6. The molecule has 2 aliphatic rings. The van der Waals surface area contributed by atoms with Gasteiger partial charge in [0.05, 0.1) is 11.6 Å². The maximum atomic E-state index is 14.0. The number of guanidine groups is 1. The fraction of sp³-hybridized carbons (Fsp3) is 0.619. The molecule has 0 aliphatic carbocycles. The van der Waals surface area contributed by atoms with Crippen LogP contribution in [0.4, 0.5) is 14.5 Å². The lowest BCUT2D eigenvalue weighted by Gasteiger charge is -2.31. The number of rotatable bonds is 7. The van der Waals surface area contributed by atoms with Gasteiger partial charge in [-0.25, -0.2) is 8.78 Å². The number of nitrogens with zero attached hydrogens (tertiary/aromatic N) is 3. The van der Waals surface area contributed by atoms with Gasteiger partial charge in [0.2, 0.25) is 5.91 Å². The Labute approximate surface area is 199 Å². The Hall–Kier alpha value is -1.69. The molecule has 0 aromatic heterocycles. The van der Waals surface area contributed by atoms with Gasteiger partial charge in [0, 0.05) is 45.3 Å². The van der Waals surface area contributed by atoms with E-state index in [-0.39, 0.29) is 41.8 Å². The van der Waals surface area contributed by atoms with Crippen molar-refractivity contribution in [2.45, 2.75) is 31.7 Å². The number of hydrogen-bond acceptors (Lipinski definition) is 4. The van der Waals surface area contributed by atoms with Crippen LogP contribution in [0.3, 0.4) is 0 Å². The van der Waals surface area contributed by atoms with E-state index in [0.717, 1.165) is 63.9 Å². The van der Waals surface area contributed by atoms with Gasteiger partial charge in [0.25, 0.3) is 0 Å². The molecule has 31 heavy (non-hydrogen) atoms. The maximum absolute atomic E-state index is 14.0. The lowest BCUT2D eigenvalue weighted by atomic mass is 9.97. The molecule has 0 bridgehead atoms. The van der Waals surface area contributed by atoms with Crippen molar-refractivity contribution < 1.29 is 13.6 Å². The monoisotopic (exact) mass is 550 g/mol.